The Morgan fingerprint density at radius 1 is 1.14 bits per heavy atom. The number of hydrogen-bond acceptors (Lipinski definition) is 6. The molecule has 6 nitrogen and oxygen atoms in total. The van der Waals surface area contributed by atoms with Crippen molar-refractivity contribution in [1.82, 2.24) is 9.80 Å². The largest absolute Gasteiger partial charge is 0.466 e. The van der Waals surface area contributed by atoms with E-state index in [-0.39, 0.29) is 5.97 Å². The highest BCUT2D eigenvalue weighted by Crippen LogP contribution is 2.38. The maximum absolute atomic E-state index is 11.6. The zero-order chi connectivity index (χ0) is 20.2. The molecule has 2 aliphatic heterocycles. The number of benzene rings is 2. The van der Waals surface area contributed by atoms with Crippen molar-refractivity contribution in [2.45, 2.75) is 13.3 Å². The molecule has 0 bridgehead atoms. The maximum atomic E-state index is 11.6. The standard InChI is InChI=1S/C22H24ClN3O3/c1-2-28-21(27)9-10-25-11-13-26(14-12-25)22-17-15-16(23)7-8-19(17)29-20-6-4-3-5-18(20)24-22/h3-8,15H,2,9-14H2,1H3. The molecule has 1 saturated heterocycles. The van der Waals surface area contributed by atoms with Crippen molar-refractivity contribution in [3.05, 3.63) is 53.1 Å². The molecule has 0 aromatic heterocycles. The van der Waals surface area contributed by atoms with Gasteiger partial charge in [-0.25, -0.2) is 4.99 Å². The van der Waals surface area contributed by atoms with Gasteiger partial charge in [0.05, 0.1) is 18.6 Å². The number of carbonyl (C=O) groups excluding carboxylic acids is 1. The van der Waals surface area contributed by atoms with E-state index in [0.29, 0.717) is 24.6 Å². The van der Waals surface area contributed by atoms with Crippen LogP contribution in [0.1, 0.15) is 18.9 Å². The number of para-hydroxylation sites is 2. The molecule has 0 radical (unpaired) electrons. The second kappa shape index (κ2) is 8.84. The van der Waals surface area contributed by atoms with Crippen molar-refractivity contribution in [3.8, 4) is 11.5 Å². The maximum Gasteiger partial charge on any atom is 0.307 e. The molecule has 2 aromatic rings. The van der Waals surface area contributed by atoms with Crippen molar-refractivity contribution in [2.75, 3.05) is 39.3 Å². The molecule has 0 aliphatic carbocycles. The number of rotatable bonds is 4. The van der Waals surface area contributed by atoms with Gasteiger partial charge in [-0.05, 0) is 37.3 Å². The number of piperazine rings is 1. The number of fused-ring (bicyclic) bond motifs is 2. The molecule has 7 heteroatoms. The number of carbonyl (C=O) groups is 1. The summed E-state index contributed by atoms with van der Waals surface area (Å²) in [6.07, 6.45) is 0.425. The third kappa shape index (κ3) is 4.54. The zero-order valence-corrected chi connectivity index (χ0v) is 17.2. The molecule has 2 aromatic carbocycles. The third-order valence-corrected chi connectivity index (χ3v) is 5.34. The molecule has 2 aliphatic rings. The second-order valence-electron chi connectivity index (χ2n) is 7.03. The molecule has 1 fully saturated rings. The summed E-state index contributed by atoms with van der Waals surface area (Å²) in [6, 6.07) is 13.4. The Morgan fingerprint density at radius 3 is 2.72 bits per heavy atom. The fourth-order valence-electron chi connectivity index (χ4n) is 3.60. The SMILES string of the molecule is CCOC(=O)CCN1CCN(C2=Nc3ccccc3Oc3ccc(Cl)cc32)CC1. The summed E-state index contributed by atoms with van der Waals surface area (Å²) < 4.78 is 11.2. The van der Waals surface area contributed by atoms with Gasteiger partial charge in [0, 0.05) is 37.7 Å². The van der Waals surface area contributed by atoms with E-state index in [0.717, 1.165) is 54.8 Å². The van der Waals surface area contributed by atoms with Crippen LogP contribution in [-0.4, -0.2) is 60.9 Å². The molecule has 0 unspecified atom stereocenters. The van der Waals surface area contributed by atoms with Crippen molar-refractivity contribution in [3.63, 3.8) is 0 Å². The van der Waals surface area contributed by atoms with Crippen molar-refractivity contribution < 1.29 is 14.3 Å². The van der Waals surface area contributed by atoms with Crippen LogP contribution in [0.5, 0.6) is 11.5 Å². The molecule has 0 amide bonds. The monoisotopic (exact) mass is 413 g/mol. The lowest BCUT2D eigenvalue weighted by Gasteiger charge is -2.36. The minimum atomic E-state index is -0.139. The van der Waals surface area contributed by atoms with Gasteiger partial charge >= 0.3 is 5.97 Å². The topological polar surface area (TPSA) is 54.4 Å². The van der Waals surface area contributed by atoms with Gasteiger partial charge in [0.25, 0.3) is 0 Å². The van der Waals surface area contributed by atoms with Crippen LogP contribution in [0.2, 0.25) is 5.02 Å². The second-order valence-corrected chi connectivity index (χ2v) is 7.47. The van der Waals surface area contributed by atoms with Gasteiger partial charge in [0.2, 0.25) is 0 Å². The fourth-order valence-corrected chi connectivity index (χ4v) is 3.77. The quantitative estimate of drug-likeness (QED) is 0.706. The van der Waals surface area contributed by atoms with E-state index in [1.807, 2.05) is 49.4 Å². The molecular weight excluding hydrogens is 390 g/mol. The lowest BCUT2D eigenvalue weighted by atomic mass is 10.1. The highest BCUT2D eigenvalue weighted by molar-refractivity contribution is 6.31. The van der Waals surface area contributed by atoms with Crippen LogP contribution in [0.15, 0.2) is 47.5 Å². The van der Waals surface area contributed by atoms with Gasteiger partial charge in [-0.15, -0.1) is 0 Å². The van der Waals surface area contributed by atoms with Gasteiger partial charge in [0.1, 0.15) is 17.3 Å². The first-order valence-corrected chi connectivity index (χ1v) is 10.3. The Bertz CT molecular complexity index is 923. The Morgan fingerprint density at radius 2 is 1.93 bits per heavy atom. The molecule has 0 saturated carbocycles. The van der Waals surface area contributed by atoms with E-state index < -0.39 is 0 Å². The summed E-state index contributed by atoms with van der Waals surface area (Å²) in [4.78, 5) is 21.1. The normalized spacial score (nSPS) is 16.2. The van der Waals surface area contributed by atoms with Gasteiger partial charge in [-0.1, -0.05) is 23.7 Å². The molecule has 0 atom stereocenters. The summed E-state index contributed by atoms with van der Waals surface area (Å²) in [5.41, 5.74) is 1.70. The third-order valence-electron chi connectivity index (χ3n) is 5.10. The van der Waals surface area contributed by atoms with Crippen LogP contribution < -0.4 is 4.74 Å². The van der Waals surface area contributed by atoms with E-state index in [2.05, 4.69) is 9.80 Å². The summed E-state index contributed by atoms with van der Waals surface area (Å²) >= 11 is 6.28. The highest BCUT2D eigenvalue weighted by Gasteiger charge is 2.26. The smallest absolute Gasteiger partial charge is 0.307 e. The Balaban J connectivity index is 1.53. The van der Waals surface area contributed by atoms with Gasteiger partial charge in [0.15, 0.2) is 5.75 Å². The number of esters is 1. The number of hydrogen-bond donors (Lipinski definition) is 0. The van der Waals surface area contributed by atoms with Crippen LogP contribution >= 0.6 is 11.6 Å². The summed E-state index contributed by atoms with van der Waals surface area (Å²) in [6.45, 7) is 6.32. The van der Waals surface area contributed by atoms with E-state index in [1.54, 1.807) is 0 Å². The molecule has 2 heterocycles. The minimum absolute atomic E-state index is 0.139. The van der Waals surface area contributed by atoms with E-state index in [1.165, 1.54) is 0 Å². The summed E-state index contributed by atoms with van der Waals surface area (Å²) in [5.74, 6) is 2.22. The van der Waals surface area contributed by atoms with E-state index in [9.17, 15) is 4.79 Å². The predicted octanol–water partition coefficient (Wildman–Crippen LogP) is 4.09. The van der Waals surface area contributed by atoms with E-state index in [4.69, 9.17) is 26.1 Å². The Kier molecular flexibility index (Phi) is 6.02. The average molecular weight is 414 g/mol. The van der Waals surface area contributed by atoms with Crippen LogP contribution in [0.25, 0.3) is 0 Å². The fraction of sp³-hybridized carbons (Fsp3) is 0.364. The number of aliphatic imine (C=N–C) groups is 1. The average Bonchev–Trinajstić information content (AvgIpc) is 2.89. The molecular formula is C22H24ClN3O3. The molecule has 4 rings (SSSR count). The first kappa shape index (κ1) is 19.7. The van der Waals surface area contributed by atoms with Crippen molar-refractivity contribution >= 4 is 29.1 Å². The highest BCUT2D eigenvalue weighted by atomic mass is 35.5. The Hall–Kier alpha value is -2.57. The number of ether oxygens (including phenoxy) is 2. The van der Waals surface area contributed by atoms with Crippen LogP contribution in [0, 0.1) is 0 Å². The van der Waals surface area contributed by atoms with Crippen molar-refractivity contribution in [1.29, 1.82) is 0 Å². The van der Waals surface area contributed by atoms with Crippen LogP contribution in [0.4, 0.5) is 5.69 Å². The number of amidine groups is 1. The molecule has 152 valence electrons. The summed E-state index contributed by atoms with van der Waals surface area (Å²) in [5, 5.41) is 0.652. The number of halogens is 1. The van der Waals surface area contributed by atoms with Gasteiger partial charge < -0.3 is 14.4 Å². The van der Waals surface area contributed by atoms with Crippen LogP contribution in [0.3, 0.4) is 0 Å². The number of nitrogens with zero attached hydrogens (tertiary/aromatic N) is 3. The minimum Gasteiger partial charge on any atom is -0.466 e. The molecule has 29 heavy (non-hydrogen) atoms. The first-order valence-electron chi connectivity index (χ1n) is 9.92. The van der Waals surface area contributed by atoms with Gasteiger partial charge in [-0.3, -0.25) is 9.69 Å². The van der Waals surface area contributed by atoms with Gasteiger partial charge in [-0.2, -0.15) is 0 Å². The Labute approximate surface area is 175 Å². The summed E-state index contributed by atoms with van der Waals surface area (Å²) in [7, 11) is 0. The lowest BCUT2D eigenvalue weighted by Crippen LogP contribution is -2.49. The van der Waals surface area contributed by atoms with Crippen molar-refractivity contribution in [2.24, 2.45) is 4.99 Å². The molecule has 0 spiro atoms. The molecule has 0 N–H and O–H groups in total. The first-order chi connectivity index (χ1) is 14.1. The predicted molar refractivity (Wildman–Crippen MR) is 113 cm³/mol. The van der Waals surface area contributed by atoms with E-state index >= 15 is 0 Å². The lowest BCUT2D eigenvalue weighted by molar-refractivity contribution is -0.143. The zero-order valence-electron chi connectivity index (χ0n) is 16.4. The van der Waals surface area contributed by atoms with Crippen LogP contribution in [-0.2, 0) is 9.53 Å².